The Labute approximate surface area is 133 Å². The van der Waals surface area contributed by atoms with E-state index in [2.05, 4.69) is 10.2 Å². The first kappa shape index (κ1) is 16.5. The van der Waals surface area contributed by atoms with Crippen molar-refractivity contribution in [1.29, 1.82) is 0 Å². The zero-order valence-corrected chi connectivity index (χ0v) is 13.2. The summed E-state index contributed by atoms with van der Waals surface area (Å²) in [6.07, 6.45) is 0.700. The number of methoxy groups -OCH3 is 1. The molecule has 1 aromatic carbocycles. The van der Waals surface area contributed by atoms with Crippen LogP contribution in [0.3, 0.4) is 0 Å². The molecule has 1 atom stereocenters. The van der Waals surface area contributed by atoms with E-state index in [1.165, 1.54) is 6.07 Å². The van der Waals surface area contributed by atoms with Gasteiger partial charge in [-0.15, -0.1) is 0 Å². The van der Waals surface area contributed by atoms with Gasteiger partial charge in [-0.1, -0.05) is 19.1 Å². The molecule has 0 radical (unpaired) electrons. The number of nitrogens with zero attached hydrogens (tertiary/aromatic N) is 2. The second-order valence-electron chi connectivity index (χ2n) is 5.09. The van der Waals surface area contributed by atoms with Crippen molar-refractivity contribution in [2.45, 2.75) is 19.4 Å². The van der Waals surface area contributed by atoms with Crippen LogP contribution >= 0.6 is 0 Å². The predicted octanol–water partition coefficient (Wildman–Crippen LogP) is 2.34. The van der Waals surface area contributed by atoms with Crippen LogP contribution in [0.5, 0.6) is 5.75 Å². The average Bonchev–Trinajstić information content (AvgIpc) is 3.05. The first-order valence-corrected chi connectivity index (χ1v) is 7.17. The third kappa shape index (κ3) is 3.50. The Hall–Kier alpha value is -2.83. The standard InChI is InChI=1S/C16H19N3O4/c1-4-14(10-6-5-7-11(8-10)23-3)19(2)15(20)12-9-13(16(21)22)18-17-12/h5-9,14H,4H2,1-3H3,(H,17,18)(H,21,22). The summed E-state index contributed by atoms with van der Waals surface area (Å²) in [7, 11) is 3.26. The van der Waals surface area contributed by atoms with Gasteiger partial charge in [0.2, 0.25) is 0 Å². The largest absolute Gasteiger partial charge is 0.497 e. The smallest absolute Gasteiger partial charge is 0.353 e. The number of nitrogens with one attached hydrogen (secondary N) is 1. The minimum Gasteiger partial charge on any atom is -0.497 e. The Morgan fingerprint density at radius 2 is 2.13 bits per heavy atom. The highest BCUT2D eigenvalue weighted by Gasteiger charge is 2.24. The van der Waals surface area contributed by atoms with Crippen molar-refractivity contribution in [2.75, 3.05) is 14.2 Å². The molecule has 7 heteroatoms. The summed E-state index contributed by atoms with van der Waals surface area (Å²) in [5.74, 6) is -0.780. The number of carboxylic acid groups (broad SMARTS) is 1. The molecular formula is C16H19N3O4. The fraction of sp³-hybridized carbons (Fsp3) is 0.312. The number of aromatic carboxylic acids is 1. The number of aromatic nitrogens is 2. The highest BCUT2D eigenvalue weighted by atomic mass is 16.5. The van der Waals surface area contributed by atoms with Crippen LogP contribution in [-0.4, -0.2) is 46.2 Å². The summed E-state index contributed by atoms with van der Waals surface area (Å²) in [5, 5.41) is 15.0. The van der Waals surface area contributed by atoms with E-state index in [9.17, 15) is 9.59 Å². The zero-order valence-electron chi connectivity index (χ0n) is 13.2. The molecule has 1 unspecified atom stereocenters. The van der Waals surface area contributed by atoms with Gasteiger partial charge in [-0.2, -0.15) is 5.10 Å². The van der Waals surface area contributed by atoms with Gasteiger partial charge in [0, 0.05) is 13.1 Å². The molecule has 1 aromatic heterocycles. The van der Waals surface area contributed by atoms with E-state index in [0.29, 0.717) is 6.42 Å². The van der Waals surface area contributed by atoms with E-state index in [-0.39, 0.29) is 23.3 Å². The summed E-state index contributed by atoms with van der Waals surface area (Å²) in [6, 6.07) is 8.58. The Kier molecular flexibility index (Phi) is 5.00. The number of H-pyrrole nitrogens is 1. The van der Waals surface area contributed by atoms with Crippen molar-refractivity contribution < 1.29 is 19.4 Å². The molecule has 122 valence electrons. The molecule has 1 amide bonds. The fourth-order valence-electron chi connectivity index (χ4n) is 2.45. The SMILES string of the molecule is CCC(c1cccc(OC)c1)N(C)C(=O)c1cc(C(=O)O)[nH]n1. The average molecular weight is 317 g/mol. The molecular weight excluding hydrogens is 298 g/mol. The quantitative estimate of drug-likeness (QED) is 0.852. The molecule has 0 bridgehead atoms. The Morgan fingerprint density at radius 1 is 1.39 bits per heavy atom. The maximum absolute atomic E-state index is 12.5. The van der Waals surface area contributed by atoms with E-state index in [1.54, 1.807) is 19.1 Å². The van der Waals surface area contributed by atoms with Crippen LogP contribution in [-0.2, 0) is 0 Å². The van der Waals surface area contributed by atoms with Gasteiger partial charge in [-0.05, 0) is 24.1 Å². The van der Waals surface area contributed by atoms with Crippen molar-refractivity contribution in [3.05, 3.63) is 47.3 Å². The number of amides is 1. The highest BCUT2D eigenvalue weighted by Crippen LogP contribution is 2.27. The van der Waals surface area contributed by atoms with Crippen molar-refractivity contribution in [2.24, 2.45) is 0 Å². The second kappa shape index (κ2) is 6.95. The van der Waals surface area contributed by atoms with E-state index in [4.69, 9.17) is 9.84 Å². The van der Waals surface area contributed by atoms with Crippen LogP contribution < -0.4 is 4.74 Å². The van der Waals surface area contributed by atoms with Crippen molar-refractivity contribution >= 4 is 11.9 Å². The van der Waals surface area contributed by atoms with Crippen LogP contribution in [0, 0.1) is 0 Å². The summed E-state index contributed by atoms with van der Waals surface area (Å²) >= 11 is 0. The van der Waals surface area contributed by atoms with Crippen molar-refractivity contribution in [3.63, 3.8) is 0 Å². The molecule has 7 nitrogen and oxygen atoms in total. The van der Waals surface area contributed by atoms with Gasteiger partial charge in [0.25, 0.3) is 5.91 Å². The molecule has 0 aliphatic carbocycles. The first-order valence-electron chi connectivity index (χ1n) is 7.17. The molecule has 0 spiro atoms. The number of rotatable bonds is 6. The molecule has 2 N–H and O–H groups in total. The predicted molar refractivity (Wildman–Crippen MR) is 83.7 cm³/mol. The van der Waals surface area contributed by atoms with Crippen molar-refractivity contribution in [3.8, 4) is 5.75 Å². The number of benzene rings is 1. The molecule has 23 heavy (non-hydrogen) atoms. The Bertz CT molecular complexity index is 711. The number of aromatic amines is 1. The Balaban J connectivity index is 2.25. The number of carbonyl (C=O) groups is 2. The minimum absolute atomic E-state index is 0.0752. The lowest BCUT2D eigenvalue weighted by Gasteiger charge is -2.27. The van der Waals surface area contributed by atoms with Gasteiger partial charge in [0.1, 0.15) is 11.4 Å². The maximum atomic E-state index is 12.5. The number of ether oxygens (including phenoxy) is 1. The van der Waals surface area contributed by atoms with E-state index in [1.807, 2.05) is 31.2 Å². The minimum atomic E-state index is -1.15. The van der Waals surface area contributed by atoms with Gasteiger partial charge in [-0.3, -0.25) is 9.89 Å². The molecule has 0 aliphatic rings. The van der Waals surface area contributed by atoms with E-state index < -0.39 is 5.97 Å². The highest BCUT2D eigenvalue weighted by molar-refractivity contribution is 5.95. The fourth-order valence-corrected chi connectivity index (χ4v) is 2.45. The third-order valence-electron chi connectivity index (χ3n) is 3.68. The molecule has 0 saturated carbocycles. The summed E-state index contributed by atoms with van der Waals surface area (Å²) < 4.78 is 5.22. The van der Waals surface area contributed by atoms with Gasteiger partial charge < -0.3 is 14.7 Å². The van der Waals surface area contributed by atoms with Gasteiger partial charge in [0.15, 0.2) is 5.69 Å². The normalized spacial score (nSPS) is 11.8. The number of hydrogen-bond donors (Lipinski definition) is 2. The topological polar surface area (TPSA) is 95.5 Å². The lowest BCUT2D eigenvalue weighted by molar-refractivity contribution is 0.0689. The lowest BCUT2D eigenvalue weighted by Crippen LogP contribution is -2.31. The van der Waals surface area contributed by atoms with E-state index in [0.717, 1.165) is 11.3 Å². The summed E-state index contributed by atoms with van der Waals surface area (Å²) in [6.45, 7) is 1.97. The van der Waals surface area contributed by atoms with Crippen LogP contribution in [0.25, 0.3) is 0 Å². The molecule has 0 aliphatic heterocycles. The number of carboxylic acids is 1. The van der Waals surface area contributed by atoms with Gasteiger partial charge in [0.05, 0.1) is 13.2 Å². The number of hydrogen-bond acceptors (Lipinski definition) is 4. The monoisotopic (exact) mass is 317 g/mol. The van der Waals surface area contributed by atoms with Crippen LogP contribution in [0.2, 0.25) is 0 Å². The van der Waals surface area contributed by atoms with Gasteiger partial charge >= 0.3 is 5.97 Å². The van der Waals surface area contributed by atoms with E-state index >= 15 is 0 Å². The maximum Gasteiger partial charge on any atom is 0.353 e. The van der Waals surface area contributed by atoms with Crippen LogP contribution in [0.15, 0.2) is 30.3 Å². The first-order chi connectivity index (χ1) is 11.0. The molecule has 2 aromatic rings. The summed E-state index contributed by atoms with van der Waals surface area (Å²) in [4.78, 5) is 25.0. The molecule has 1 heterocycles. The van der Waals surface area contributed by atoms with Gasteiger partial charge in [-0.25, -0.2) is 4.79 Å². The second-order valence-corrected chi connectivity index (χ2v) is 5.09. The Morgan fingerprint density at radius 3 is 2.70 bits per heavy atom. The third-order valence-corrected chi connectivity index (χ3v) is 3.68. The van der Waals surface area contributed by atoms with Crippen molar-refractivity contribution in [1.82, 2.24) is 15.1 Å². The number of carbonyl (C=O) groups excluding carboxylic acids is 1. The summed E-state index contributed by atoms with van der Waals surface area (Å²) in [5.41, 5.74) is 0.902. The lowest BCUT2D eigenvalue weighted by atomic mass is 10.0. The van der Waals surface area contributed by atoms with Crippen LogP contribution in [0.4, 0.5) is 0 Å². The zero-order chi connectivity index (χ0) is 17.0. The molecule has 0 saturated heterocycles. The van der Waals surface area contributed by atoms with Crippen LogP contribution in [0.1, 0.15) is 45.9 Å². The molecule has 0 fully saturated rings. The molecule has 2 rings (SSSR count).